The third-order valence-electron chi connectivity index (χ3n) is 3.27. The minimum atomic E-state index is 0.134. The number of rotatable bonds is 2. The van der Waals surface area contributed by atoms with Crippen molar-refractivity contribution in [3.8, 4) is 5.75 Å². The van der Waals surface area contributed by atoms with Crippen LogP contribution in [0.1, 0.15) is 6.92 Å². The van der Waals surface area contributed by atoms with E-state index in [-0.39, 0.29) is 5.91 Å². The highest BCUT2D eigenvalue weighted by atomic mass is 16.5. The van der Waals surface area contributed by atoms with Gasteiger partial charge in [0.15, 0.2) is 0 Å². The number of ether oxygens (including phenoxy) is 1. The zero-order valence-electron chi connectivity index (χ0n) is 10.8. The number of nitrogen functional groups attached to an aromatic ring is 1. The van der Waals surface area contributed by atoms with Crippen LogP contribution in [0.3, 0.4) is 0 Å². The van der Waals surface area contributed by atoms with Crippen molar-refractivity contribution in [3.63, 3.8) is 0 Å². The SMILES string of the molecule is COc1ccc(N)cc1N1CCN(C(C)=O)CC1. The van der Waals surface area contributed by atoms with Gasteiger partial charge in [-0.1, -0.05) is 0 Å². The number of anilines is 2. The van der Waals surface area contributed by atoms with Crippen LogP contribution in [0.25, 0.3) is 0 Å². The van der Waals surface area contributed by atoms with Gasteiger partial charge >= 0.3 is 0 Å². The fourth-order valence-corrected chi connectivity index (χ4v) is 2.22. The molecule has 0 radical (unpaired) electrons. The molecular formula is C13H19N3O2. The Kier molecular flexibility index (Phi) is 3.60. The monoisotopic (exact) mass is 249 g/mol. The number of nitrogens with two attached hydrogens (primary N) is 1. The smallest absolute Gasteiger partial charge is 0.219 e. The van der Waals surface area contributed by atoms with Crippen LogP contribution in [-0.2, 0) is 4.79 Å². The lowest BCUT2D eigenvalue weighted by Crippen LogP contribution is -2.48. The van der Waals surface area contributed by atoms with E-state index in [1.54, 1.807) is 14.0 Å². The van der Waals surface area contributed by atoms with Crippen LogP contribution < -0.4 is 15.4 Å². The van der Waals surface area contributed by atoms with Crippen molar-refractivity contribution in [2.45, 2.75) is 6.92 Å². The van der Waals surface area contributed by atoms with Crippen molar-refractivity contribution < 1.29 is 9.53 Å². The number of hydrogen-bond donors (Lipinski definition) is 1. The first-order chi connectivity index (χ1) is 8.61. The molecule has 2 rings (SSSR count). The Morgan fingerprint density at radius 2 is 1.94 bits per heavy atom. The maximum Gasteiger partial charge on any atom is 0.219 e. The Morgan fingerprint density at radius 3 is 2.50 bits per heavy atom. The number of carbonyl (C=O) groups is 1. The van der Waals surface area contributed by atoms with Gasteiger partial charge in [0, 0.05) is 38.8 Å². The molecule has 1 amide bonds. The van der Waals surface area contributed by atoms with E-state index in [2.05, 4.69) is 4.90 Å². The fourth-order valence-electron chi connectivity index (χ4n) is 2.22. The van der Waals surface area contributed by atoms with E-state index in [0.29, 0.717) is 0 Å². The lowest BCUT2D eigenvalue weighted by Gasteiger charge is -2.36. The van der Waals surface area contributed by atoms with Crippen molar-refractivity contribution in [2.24, 2.45) is 0 Å². The summed E-state index contributed by atoms with van der Waals surface area (Å²) >= 11 is 0. The van der Waals surface area contributed by atoms with E-state index >= 15 is 0 Å². The molecule has 1 aliphatic heterocycles. The van der Waals surface area contributed by atoms with Crippen LogP contribution in [0.15, 0.2) is 18.2 Å². The van der Waals surface area contributed by atoms with E-state index in [9.17, 15) is 4.79 Å². The molecular weight excluding hydrogens is 230 g/mol. The molecule has 0 saturated carbocycles. The second-order valence-electron chi connectivity index (χ2n) is 4.42. The predicted octanol–water partition coefficient (Wildman–Crippen LogP) is 0.946. The molecule has 0 unspecified atom stereocenters. The highest BCUT2D eigenvalue weighted by molar-refractivity contribution is 5.74. The number of carbonyl (C=O) groups excluding carboxylic acids is 1. The standard InChI is InChI=1S/C13H19N3O2/c1-10(17)15-5-7-16(8-6-15)12-9-11(14)3-4-13(12)18-2/h3-4,9H,5-8,14H2,1-2H3. The minimum Gasteiger partial charge on any atom is -0.495 e. The predicted molar refractivity (Wildman–Crippen MR) is 71.9 cm³/mol. The Hall–Kier alpha value is -1.91. The van der Waals surface area contributed by atoms with E-state index in [0.717, 1.165) is 43.3 Å². The summed E-state index contributed by atoms with van der Waals surface area (Å²) in [5.41, 5.74) is 7.54. The van der Waals surface area contributed by atoms with E-state index in [1.165, 1.54) is 0 Å². The summed E-state index contributed by atoms with van der Waals surface area (Å²) in [5.74, 6) is 0.953. The summed E-state index contributed by atoms with van der Waals surface area (Å²) in [6.07, 6.45) is 0. The highest BCUT2D eigenvalue weighted by Gasteiger charge is 2.20. The molecule has 0 spiro atoms. The summed E-state index contributed by atoms with van der Waals surface area (Å²) < 4.78 is 5.35. The van der Waals surface area contributed by atoms with Gasteiger partial charge in [-0.2, -0.15) is 0 Å². The molecule has 1 saturated heterocycles. The first-order valence-electron chi connectivity index (χ1n) is 6.06. The maximum atomic E-state index is 11.3. The Morgan fingerprint density at radius 1 is 1.28 bits per heavy atom. The van der Waals surface area contributed by atoms with Gasteiger partial charge in [0.2, 0.25) is 5.91 Å². The Balaban J connectivity index is 2.14. The first-order valence-corrected chi connectivity index (χ1v) is 6.06. The number of methoxy groups -OCH3 is 1. The quantitative estimate of drug-likeness (QED) is 0.793. The van der Waals surface area contributed by atoms with Crippen molar-refractivity contribution in [1.29, 1.82) is 0 Å². The molecule has 5 nitrogen and oxygen atoms in total. The second kappa shape index (κ2) is 5.16. The van der Waals surface area contributed by atoms with Crippen molar-refractivity contribution >= 4 is 17.3 Å². The molecule has 1 aromatic rings. The van der Waals surface area contributed by atoms with Gasteiger partial charge in [0.25, 0.3) is 0 Å². The largest absolute Gasteiger partial charge is 0.495 e. The molecule has 0 bridgehead atoms. The first kappa shape index (κ1) is 12.5. The lowest BCUT2D eigenvalue weighted by molar-refractivity contribution is -0.129. The van der Waals surface area contributed by atoms with Crippen LogP contribution in [0.2, 0.25) is 0 Å². The summed E-state index contributed by atoms with van der Waals surface area (Å²) in [6.45, 7) is 4.70. The Bertz CT molecular complexity index is 440. The minimum absolute atomic E-state index is 0.134. The molecule has 1 fully saturated rings. The average Bonchev–Trinajstić information content (AvgIpc) is 2.39. The van der Waals surface area contributed by atoms with Crippen LogP contribution in [0.5, 0.6) is 5.75 Å². The lowest BCUT2D eigenvalue weighted by atomic mass is 10.2. The molecule has 1 heterocycles. The second-order valence-corrected chi connectivity index (χ2v) is 4.42. The van der Waals surface area contributed by atoms with Gasteiger partial charge in [-0.3, -0.25) is 4.79 Å². The number of hydrogen-bond acceptors (Lipinski definition) is 4. The molecule has 1 aliphatic rings. The summed E-state index contributed by atoms with van der Waals surface area (Å²) in [5, 5.41) is 0. The zero-order chi connectivity index (χ0) is 13.1. The van der Waals surface area contributed by atoms with Crippen LogP contribution in [0, 0.1) is 0 Å². The summed E-state index contributed by atoms with van der Waals surface area (Å²) in [7, 11) is 1.65. The van der Waals surface area contributed by atoms with E-state index in [1.807, 2.05) is 23.1 Å². The van der Waals surface area contributed by atoms with E-state index in [4.69, 9.17) is 10.5 Å². The third kappa shape index (κ3) is 2.50. The zero-order valence-corrected chi connectivity index (χ0v) is 10.8. The topological polar surface area (TPSA) is 58.8 Å². The number of piperazine rings is 1. The van der Waals surface area contributed by atoms with Crippen molar-refractivity contribution in [3.05, 3.63) is 18.2 Å². The number of benzene rings is 1. The molecule has 0 aliphatic carbocycles. The fraction of sp³-hybridized carbons (Fsp3) is 0.462. The average molecular weight is 249 g/mol. The molecule has 98 valence electrons. The van der Waals surface area contributed by atoms with Crippen molar-refractivity contribution in [2.75, 3.05) is 43.9 Å². The van der Waals surface area contributed by atoms with Gasteiger partial charge in [-0.15, -0.1) is 0 Å². The highest BCUT2D eigenvalue weighted by Crippen LogP contribution is 2.30. The van der Waals surface area contributed by atoms with Crippen LogP contribution >= 0.6 is 0 Å². The van der Waals surface area contributed by atoms with Gasteiger partial charge in [-0.05, 0) is 18.2 Å². The van der Waals surface area contributed by atoms with Gasteiger partial charge in [0.1, 0.15) is 5.75 Å². The van der Waals surface area contributed by atoms with Crippen molar-refractivity contribution in [1.82, 2.24) is 4.90 Å². The normalized spacial score (nSPS) is 15.7. The van der Waals surface area contributed by atoms with Gasteiger partial charge in [0.05, 0.1) is 12.8 Å². The third-order valence-corrected chi connectivity index (χ3v) is 3.27. The number of nitrogens with zero attached hydrogens (tertiary/aromatic N) is 2. The summed E-state index contributed by atoms with van der Waals surface area (Å²) in [6, 6.07) is 5.62. The van der Waals surface area contributed by atoms with Crippen LogP contribution in [-0.4, -0.2) is 44.1 Å². The Labute approximate surface area is 107 Å². The molecule has 0 atom stereocenters. The molecule has 0 aromatic heterocycles. The van der Waals surface area contributed by atoms with E-state index < -0.39 is 0 Å². The van der Waals surface area contributed by atoms with Gasteiger partial charge in [-0.25, -0.2) is 0 Å². The molecule has 2 N–H and O–H groups in total. The maximum absolute atomic E-state index is 11.3. The molecule has 18 heavy (non-hydrogen) atoms. The molecule has 5 heteroatoms. The number of amides is 1. The summed E-state index contributed by atoms with van der Waals surface area (Å²) in [4.78, 5) is 15.3. The van der Waals surface area contributed by atoms with Crippen LogP contribution in [0.4, 0.5) is 11.4 Å². The molecule has 1 aromatic carbocycles. The van der Waals surface area contributed by atoms with Gasteiger partial charge < -0.3 is 20.3 Å².